The standard InChI is InChI=1S/C18H24N2O4/c1-18(2)14(15(18)17(22)23)16(21)20-9-7-19(8-10-20)12-5-4-6-13(11-12)24-3/h4-6,11,14-15H,7-10H2,1-3H3,(H,22,23)/t14-,15+/m1/s1. The van der Waals surface area contributed by atoms with Crippen LogP contribution in [0.25, 0.3) is 0 Å². The van der Waals surface area contributed by atoms with Crippen LogP contribution in [0.4, 0.5) is 5.69 Å². The quantitative estimate of drug-likeness (QED) is 0.909. The van der Waals surface area contributed by atoms with Gasteiger partial charge in [0.1, 0.15) is 5.75 Å². The molecule has 1 N–H and O–H groups in total. The van der Waals surface area contributed by atoms with Gasteiger partial charge < -0.3 is 19.6 Å². The number of benzene rings is 1. The zero-order valence-electron chi connectivity index (χ0n) is 14.4. The number of anilines is 1. The molecule has 1 aromatic carbocycles. The molecule has 1 aliphatic heterocycles. The number of ether oxygens (including phenoxy) is 1. The molecule has 0 radical (unpaired) electrons. The number of piperazine rings is 1. The highest BCUT2D eigenvalue weighted by atomic mass is 16.5. The monoisotopic (exact) mass is 332 g/mol. The Morgan fingerprint density at radius 3 is 2.38 bits per heavy atom. The first-order valence-electron chi connectivity index (χ1n) is 8.27. The molecule has 1 amide bonds. The molecule has 1 saturated carbocycles. The molecule has 2 aliphatic rings. The Morgan fingerprint density at radius 1 is 1.17 bits per heavy atom. The van der Waals surface area contributed by atoms with Crippen LogP contribution in [0.15, 0.2) is 24.3 Å². The molecule has 2 fully saturated rings. The number of carbonyl (C=O) groups excluding carboxylic acids is 1. The third-order valence-electron chi connectivity index (χ3n) is 5.37. The average molecular weight is 332 g/mol. The van der Waals surface area contributed by atoms with E-state index in [0.717, 1.165) is 24.5 Å². The maximum Gasteiger partial charge on any atom is 0.307 e. The first-order chi connectivity index (χ1) is 11.4. The topological polar surface area (TPSA) is 70.1 Å². The summed E-state index contributed by atoms with van der Waals surface area (Å²) >= 11 is 0. The van der Waals surface area contributed by atoms with Gasteiger partial charge in [-0.15, -0.1) is 0 Å². The van der Waals surface area contributed by atoms with E-state index in [-0.39, 0.29) is 5.91 Å². The number of carboxylic acids is 1. The molecule has 24 heavy (non-hydrogen) atoms. The summed E-state index contributed by atoms with van der Waals surface area (Å²) in [5.74, 6) is -1.01. The Bertz CT molecular complexity index is 650. The summed E-state index contributed by atoms with van der Waals surface area (Å²) < 4.78 is 5.26. The molecule has 0 unspecified atom stereocenters. The smallest absolute Gasteiger partial charge is 0.307 e. The summed E-state index contributed by atoms with van der Waals surface area (Å²) in [7, 11) is 1.64. The van der Waals surface area contributed by atoms with Gasteiger partial charge in [0.05, 0.1) is 18.9 Å². The molecule has 3 rings (SSSR count). The van der Waals surface area contributed by atoms with Crippen molar-refractivity contribution in [2.45, 2.75) is 13.8 Å². The zero-order chi connectivity index (χ0) is 17.5. The number of hydrogen-bond acceptors (Lipinski definition) is 4. The molecule has 2 atom stereocenters. The Hall–Kier alpha value is -2.24. The lowest BCUT2D eigenvalue weighted by atomic mass is 10.1. The van der Waals surface area contributed by atoms with Crippen LogP contribution in [0, 0.1) is 17.3 Å². The van der Waals surface area contributed by atoms with Crippen LogP contribution in [0.2, 0.25) is 0 Å². The minimum atomic E-state index is -0.867. The van der Waals surface area contributed by atoms with Gasteiger partial charge in [0.15, 0.2) is 0 Å². The van der Waals surface area contributed by atoms with Crippen molar-refractivity contribution in [1.29, 1.82) is 0 Å². The van der Waals surface area contributed by atoms with Crippen LogP contribution in [0.5, 0.6) is 5.75 Å². The van der Waals surface area contributed by atoms with Crippen molar-refractivity contribution in [2.24, 2.45) is 17.3 Å². The van der Waals surface area contributed by atoms with E-state index in [2.05, 4.69) is 4.90 Å². The third kappa shape index (κ3) is 2.81. The van der Waals surface area contributed by atoms with Gasteiger partial charge in [-0.2, -0.15) is 0 Å². The van der Waals surface area contributed by atoms with E-state index in [1.165, 1.54) is 0 Å². The number of rotatable bonds is 4. The van der Waals surface area contributed by atoms with Crippen molar-refractivity contribution in [3.8, 4) is 5.75 Å². The SMILES string of the molecule is COc1cccc(N2CCN(C(=O)[C@H]3[C@@H](C(=O)O)C3(C)C)CC2)c1. The lowest BCUT2D eigenvalue weighted by molar-refractivity contribution is -0.142. The van der Waals surface area contributed by atoms with Crippen molar-refractivity contribution in [1.82, 2.24) is 4.90 Å². The van der Waals surface area contributed by atoms with Gasteiger partial charge >= 0.3 is 5.97 Å². The molecule has 1 aliphatic carbocycles. The first kappa shape index (κ1) is 16.6. The van der Waals surface area contributed by atoms with E-state index in [1.54, 1.807) is 7.11 Å². The molecule has 0 bridgehead atoms. The van der Waals surface area contributed by atoms with Gasteiger partial charge in [0.25, 0.3) is 0 Å². The maximum atomic E-state index is 12.7. The predicted octanol–water partition coefficient (Wildman–Crippen LogP) is 1.70. The van der Waals surface area contributed by atoms with Crippen molar-refractivity contribution in [2.75, 3.05) is 38.2 Å². The van der Waals surface area contributed by atoms with Crippen LogP contribution in [0.3, 0.4) is 0 Å². The molecule has 130 valence electrons. The van der Waals surface area contributed by atoms with E-state index in [9.17, 15) is 14.7 Å². The predicted molar refractivity (Wildman–Crippen MR) is 90.2 cm³/mol. The second kappa shape index (κ2) is 6.00. The van der Waals surface area contributed by atoms with Crippen molar-refractivity contribution >= 4 is 17.6 Å². The summed E-state index contributed by atoms with van der Waals surface area (Å²) in [6.07, 6.45) is 0. The first-order valence-corrected chi connectivity index (χ1v) is 8.27. The molecule has 0 aromatic heterocycles. The summed E-state index contributed by atoms with van der Waals surface area (Å²) in [6, 6.07) is 7.88. The zero-order valence-corrected chi connectivity index (χ0v) is 14.4. The normalized spacial score (nSPS) is 25.3. The Kier molecular flexibility index (Phi) is 4.15. The lowest BCUT2D eigenvalue weighted by Gasteiger charge is -2.36. The van der Waals surface area contributed by atoms with Crippen LogP contribution < -0.4 is 9.64 Å². The van der Waals surface area contributed by atoms with Crippen molar-refractivity contribution < 1.29 is 19.4 Å². The van der Waals surface area contributed by atoms with Gasteiger partial charge in [-0.3, -0.25) is 9.59 Å². The van der Waals surface area contributed by atoms with Crippen LogP contribution in [0.1, 0.15) is 13.8 Å². The van der Waals surface area contributed by atoms with E-state index >= 15 is 0 Å². The third-order valence-corrected chi connectivity index (χ3v) is 5.37. The molecule has 6 heteroatoms. The summed E-state index contributed by atoms with van der Waals surface area (Å²) in [5, 5.41) is 9.26. The minimum Gasteiger partial charge on any atom is -0.497 e. The number of methoxy groups -OCH3 is 1. The number of hydrogen-bond donors (Lipinski definition) is 1. The van der Waals surface area contributed by atoms with E-state index < -0.39 is 23.2 Å². The van der Waals surface area contributed by atoms with E-state index in [1.807, 2.05) is 43.0 Å². The maximum absolute atomic E-state index is 12.7. The number of carboxylic acid groups (broad SMARTS) is 1. The highest BCUT2D eigenvalue weighted by molar-refractivity contribution is 5.91. The highest BCUT2D eigenvalue weighted by Crippen LogP contribution is 2.59. The second-order valence-corrected chi connectivity index (χ2v) is 7.13. The van der Waals surface area contributed by atoms with Crippen LogP contribution in [-0.2, 0) is 9.59 Å². The Balaban J connectivity index is 1.61. The minimum absolute atomic E-state index is 0.0160. The molecule has 6 nitrogen and oxygen atoms in total. The van der Waals surface area contributed by atoms with E-state index in [4.69, 9.17) is 4.74 Å². The number of aliphatic carboxylic acids is 1. The molecule has 1 saturated heterocycles. The molecular weight excluding hydrogens is 308 g/mol. The summed E-state index contributed by atoms with van der Waals surface area (Å²) in [4.78, 5) is 28.0. The molecule has 1 aromatic rings. The van der Waals surface area contributed by atoms with Gasteiger partial charge in [-0.25, -0.2) is 0 Å². The number of amides is 1. The van der Waals surface area contributed by atoms with Crippen LogP contribution in [-0.4, -0.2) is 55.2 Å². The number of carbonyl (C=O) groups is 2. The number of nitrogens with zero attached hydrogens (tertiary/aromatic N) is 2. The molecule has 1 heterocycles. The van der Waals surface area contributed by atoms with Crippen molar-refractivity contribution in [3.63, 3.8) is 0 Å². The summed E-state index contributed by atoms with van der Waals surface area (Å²) in [6.45, 7) is 6.44. The Morgan fingerprint density at radius 2 is 1.83 bits per heavy atom. The van der Waals surface area contributed by atoms with Crippen LogP contribution >= 0.6 is 0 Å². The highest BCUT2D eigenvalue weighted by Gasteiger charge is 2.66. The van der Waals surface area contributed by atoms with Gasteiger partial charge in [0, 0.05) is 37.9 Å². The lowest BCUT2D eigenvalue weighted by Crippen LogP contribution is -2.49. The molecular formula is C18H24N2O4. The van der Waals surface area contributed by atoms with Gasteiger partial charge in [-0.05, 0) is 17.5 Å². The van der Waals surface area contributed by atoms with Gasteiger partial charge in [0.2, 0.25) is 5.91 Å². The fraction of sp³-hybridized carbons (Fsp3) is 0.556. The van der Waals surface area contributed by atoms with E-state index in [0.29, 0.717) is 13.1 Å². The fourth-order valence-electron chi connectivity index (χ4n) is 3.75. The second-order valence-electron chi connectivity index (χ2n) is 7.13. The summed E-state index contributed by atoms with van der Waals surface area (Å²) in [5.41, 5.74) is 0.643. The van der Waals surface area contributed by atoms with Crippen molar-refractivity contribution in [3.05, 3.63) is 24.3 Å². The van der Waals surface area contributed by atoms with Gasteiger partial charge in [-0.1, -0.05) is 19.9 Å². The fourth-order valence-corrected chi connectivity index (χ4v) is 3.75. The largest absolute Gasteiger partial charge is 0.497 e. The average Bonchev–Trinajstić information content (AvgIpc) is 3.17. The molecule has 0 spiro atoms. The Labute approximate surface area is 142 Å².